The Hall–Kier alpha value is -0.120. The second-order valence-electron chi connectivity index (χ2n) is 5.28. The van der Waals surface area contributed by atoms with E-state index in [1.807, 2.05) is 0 Å². The molecule has 3 aliphatic rings. The Labute approximate surface area is 86.4 Å². The van der Waals surface area contributed by atoms with Gasteiger partial charge in [-0.1, -0.05) is 19.3 Å². The Morgan fingerprint density at radius 1 is 1.14 bits per heavy atom. The lowest BCUT2D eigenvalue weighted by molar-refractivity contribution is 0.0165. The Bertz CT molecular complexity index is 231. The van der Waals surface area contributed by atoms with Crippen molar-refractivity contribution in [3.8, 4) is 0 Å². The highest BCUT2D eigenvalue weighted by Gasteiger charge is 2.49. The molecule has 1 aliphatic carbocycles. The minimum Gasteiger partial charge on any atom is -0.234 e. The van der Waals surface area contributed by atoms with Gasteiger partial charge in [-0.15, -0.1) is 0 Å². The molecule has 0 radical (unpaired) electrons. The first-order valence-electron chi connectivity index (χ1n) is 6.11. The molecule has 0 aromatic carbocycles. The van der Waals surface area contributed by atoms with Crippen LogP contribution in [0.3, 0.4) is 0 Å². The third-order valence-electron chi connectivity index (χ3n) is 4.22. The molecule has 1 N–H and O–H groups in total. The van der Waals surface area contributed by atoms with Crippen LogP contribution in [0.25, 0.3) is 0 Å². The largest absolute Gasteiger partial charge is 0.234 e. The first kappa shape index (κ1) is 9.13. The second kappa shape index (κ2) is 3.19. The smallest absolute Gasteiger partial charge is 0.0480 e. The van der Waals surface area contributed by atoms with Gasteiger partial charge in [-0.3, -0.25) is 0 Å². The van der Waals surface area contributed by atoms with Crippen molar-refractivity contribution in [2.75, 3.05) is 13.1 Å². The van der Waals surface area contributed by atoms with Gasteiger partial charge in [-0.05, 0) is 26.2 Å². The van der Waals surface area contributed by atoms with Crippen molar-refractivity contribution >= 4 is 0 Å². The van der Waals surface area contributed by atoms with Gasteiger partial charge in [-0.2, -0.15) is 5.12 Å². The first-order chi connectivity index (χ1) is 6.80. The summed E-state index contributed by atoms with van der Waals surface area (Å²) < 4.78 is 0. The minimum atomic E-state index is 0.372. The van der Waals surface area contributed by atoms with Crippen LogP contribution in [0.4, 0.5) is 0 Å². The van der Waals surface area contributed by atoms with Crippen LogP contribution < -0.4 is 5.43 Å². The number of rotatable bonds is 0. The van der Waals surface area contributed by atoms with E-state index in [1.54, 1.807) is 0 Å². The fraction of sp³-hybridized carbons (Fsp3) is 1.00. The van der Waals surface area contributed by atoms with Crippen LogP contribution in [-0.4, -0.2) is 34.8 Å². The number of hydrazine groups is 2. The summed E-state index contributed by atoms with van der Waals surface area (Å²) in [4.78, 5) is 0. The van der Waals surface area contributed by atoms with Crippen molar-refractivity contribution in [2.45, 2.75) is 57.0 Å². The maximum Gasteiger partial charge on any atom is 0.0480 e. The molecular weight excluding hydrogens is 174 g/mol. The van der Waals surface area contributed by atoms with Crippen molar-refractivity contribution in [3.05, 3.63) is 0 Å². The van der Waals surface area contributed by atoms with E-state index in [2.05, 4.69) is 22.5 Å². The van der Waals surface area contributed by atoms with Gasteiger partial charge in [0.2, 0.25) is 0 Å². The number of hydrogen-bond acceptors (Lipinski definition) is 3. The molecule has 3 heteroatoms. The lowest BCUT2D eigenvalue weighted by Crippen LogP contribution is -2.47. The normalized spacial score (nSPS) is 44.8. The van der Waals surface area contributed by atoms with Crippen LogP contribution in [0.2, 0.25) is 0 Å². The van der Waals surface area contributed by atoms with Crippen molar-refractivity contribution in [2.24, 2.45) is 0 Å². The molecule has 2 heterocycles. The molecule has 3 rings (SSSR count). The van der Waals surface area contributed by atoms with Gasteiger partial charge in [0, 0.05) is 24.7 Å². The molecule has 0 bridgehead atoms. The maximum absolute atomic E-state index is 3.73. The SMILES string of the molecule is CC12CCCCCC1N1CCCN1N2. The van der Waals surface area contributed by atoms with Gasteiger partial charge >= 0.3 is 0 Å². The summed E-state index contributed by atoms with van der Waals surface area (Å²) in [6, 6.07) is 0.771. The monoisotopic (exact) mass is 195 g/mol. The predicted octanol–water partition coefficient (Wildman–Crippen LogP) is 1.52. The van der Waals surface area contributed by atoms with Crippen molar-refractivity contribution in [1.29, 1.82) is 0 Å². The van der Waals surface area contributed by atoms with Gasteiger partial charge in [0.15, 0.2) is 0 Å². The molecule has 3 nitrogen and oxygen atoms in total. The number of nitrogens with one attached hydrogen (secondary N) is 1. The standard InChI is InChI=1S/C11H21N3/c1-11-7-4-2-3-6-10(11)13-8-5-9-14(13)12-11/h10,12H,2-9H2,1H3. The number of nitrogens with zero attached hydrogens (tertiary/aromatic N) is 2. The third-order valence-corrected chi connectivity index (χ3v) is 4.22. The summed E-state index contributed by atoms with van der Waals surface area (Å²) in [7, 11) is 0. The maximum atomic E-state index is 3.73. The number of fused-ring (bicyclic) bond motifs is 3. The van der Waals surface area contributed by atoms with E-state index in [1.165, 1.54) is 51.6 Å². The lowest BCUT2D eigenvalue weighted by atomic mass is 9.88. The highest BCUT2D eigenvalue weighted by Crippen LogP contribution is 2.37. The second-order valence-corrected chi connectivity index (χ2v) is 5.28. The van der Waals surface area contributed by atoms with Crippen molar-refractivity contribution < 1.29 is 0 Å². The Kier molecular flexibility index (Phi) is 2.08. The van der Waals surface area contributed by atoms with Crippen LogP contribution in [0.1, 0.15) is 45.4 Å². The van der Waals surface area contributed by atoms with Gasteiger partial charge in [0.25, 0.3) is 0 Å². The van der Waals surface area contributed by atoms with Crippen LogP contribution in [0, 0.1) is 0 Å². The Morgan fingerprint density at radius 3 is 3.00 bits per heavy atom. The molecule has 2 aliphatic heterocycles. The molecule has 1 saturated carbocycles. The fourth-order valence-corrected chi connectivity index (χ4v) is 3.47. The highest BCUT2D eigenvalue weighted by molar-refractivity contribution is 5.01. The van der Waals surface area contributed by atoms with E-state index in [-0.39, 0.29) is 0 Å². The highest BCUT2D eigenvalue weighted by atomic mass is 15.9. The summed E-state index contributed by atoms with van der Waals surface area (Å²) in [6.45, 7) is 4.90. The van der Waals surface area contributed by atoms with Crippen molar-refractivity contribution in [3.63, 3.8) is 0 Å². The fourth-order valence-electron chi connectivity index (χ4n) is 3.47. The minimum absolute atomic E-state index is 0.372. The van der Waals surface area contributed by atoms with Crippen LogP contribution in [0.15, 0.2) is 0 Å². The molecule has 3 fully saturated rings. The van der Waals surface area contributed by atoms with Gasteiger partial charge < -0.3 is 0 Å². The quantitative estimate of drug-likeness (QED) is 0.632. The summed E-state index contributed by atoms with van der Waals surface area (Å²) in [5, 5.41) is 4.97. The van der Waals surface area contributed by atoms with Gasteiger partial charge in [0.1, 0.15) is 0 Å². The third kappa shape index (κ3) is 1.23. The molecule has 0 spiro atoms. The van der Waals surface area contributed by atoms with E-state index in [9.17, 15) is 0 Å². The molecule has 2 atom stereocenters. The average molecular weight is 195 g/mol. The van der Waals surface area contributed by atoms with Crippen LogP contribution in [-0.2, 0) is 0 Å². The zero-order chi connectivity index (χ0) is 9.60. The molecule has 2 saturated heterocycles. The topological polar surface area (TPSA) is 18.5 Å². The lowest BCUT2D eigenvalue weighted by Gasteiger charge is -2.30. The summed E-state index contributed by atoms with van der Waals surface area (Å²) in [5.41, 5.74) is 4.10. The van der Waals surface area contributed by atoms with E-state index in [0.29, 0.717) is 5.54 Å². The predicted molar refractivity (Wildman–Crippen MR) is 56.4 cm³/mol. The first-order valence-corrected chi connectivity index (χ1v) is 6.11. The van der Waals surface area contributed by atoms with E-state index in [0.717, 1.165) is 6.04 Å². The van der Waals surface area contributed by atoms with E-state index in [4.69, 9.17) is 0 Å². The van der Waals surface area contributed by atoms with Gasteiger partial charge in [-0.25, -0.2) is 10.4 Å². The molecule has 80 valence electrons. The molecule has 14 heavy (non-hydrogen) atoms. The zero-order valence-corrected chi connectivity index (χ0v) is 9.13. The molecule has 0 amide bonds. The zero-order valence-electron chi connectivity index (χ0n) is 9.13. The molecule has 2 unspecified atom stereocenters. The van der Waals surface area contributed by atoms with Gasteiger partial charge in [0.05, 0.1) is 0 Å². The van der Waals surface area contributed by atoms with E-state index >= 15 is 0 Å². The summed E-state index contributed by atoms with van der Waals surface area (Å²) >= 11 is 0. The van der Waals surface area contributed by atoms with E-state index < -0.39 is 0 Å². The average Bonchev–Trinajstić information content (AvgIpc) is 2.61. The Morgan fingerprint density at radius 2 is 2.07 bits per heavy atom. The number of hydrogen-bond donors (Lipinski definition) is 1. The molecule has 0 aromatic heterocycles. The van der Waals surface area contributed by atoms with Crippen LogP contribution >= 0.6 is 0 Å². The molecule has 0 aromatic rings. The summed E-state index contributed by atoms with van der Waals surface area (Å²) in [5.74, 6) is 0. The summed E-state index contributed by atoms with van der Waals surface area (Å²) in [6.07, 6.45) is 8.33. The van der Waals surface area contributed by atoms with Crippen LogP contribution in [0.5, 0.6) is 0 Å². The Balaban J connectivity index is 1.85. The molecular formula is C11H21N3. The van der Waals surface area contributed by atoms with Crippen molar-refractivity contribution in [1.82, 2.24) is 15.6 Å².